The van der Waals surface area contributed by atoms with Gasteiger partial charge < -0.3 is 5.32 Å². The number of rotatable bonds is 1. The number of hydrogen-bond donors (Lipinski definition) is 2. The molecule has 1 aliphatic heterocycles. The summed E-state index contributed by atoms with van der Waals surface area (Å²) in [5.41, 5.74) is 4.06. The lowest BCUT2D eigenvalue weighted by atomic mass is 9.86. The molecule has 0 spiro atoms. The van der Waals surface area contributed by atoms with Crippen molar-refractivity contribution in [2.45, 2.75) is 51.9 Å². The van der Waals surface area contributed by atoms with Gasteiger partial charge in [0.15, 0.2) is 0 Å². The molecule has 1 saturated heterocycles. The maximum absolute atomic E-state index is 4.51. The molecule has 2 rings (SSSR count). The van der Waals surface area contributed by atoms with Crippen LogP contribution >= 0.6 is 0 Å². The predicted molar refractivity (Wildman–Crippen MR) is 66.9 cm³/mol. The van der Waals surface area contributed by atoms with Crippen molar-refractivity contribution in [1.82, 2.24) is 15.5 Å². The van der Waals surface area contributed by atoms with Crippen LogP contribution in [0.1, 0.15) is 56.5 Å². The zero-order chi connectivity index (χ0) is 11.8. The van der Waals surface area contributed by atoms with Crippen molar-refractivity contribution in [3.63, 3.8) is 0 Å². The van der Waals surface area contributed by atoms with E-state index in [1.807, 2.05) is 0 Å². The molecule has 0 saturated carbocycles. The number of nitrogens with one attached hydrogen (secondary N) is 2. The minimum absolute atomic E-state index is 0.140. The Kier molecular flexibility index (Phi) is 3.06. The van der Waals surface area contributed by atoms with Crippen LogP contribution < -0.4 is 5.32 Å². The molecule has 1 fully saturated rings. The van der Waals surface area contributed by atoms with E-state index in [-0.39, 0.29) is 5.41 Å². The zero-order valence-electron chi connectivity index (χ0n) is 10.9. The maximum atomic E-state index is 4.51. The topological polar surface area (TPSA) is 40.7 Å². The van der Waals surface area contributed by atoms with Crippen molar-refractivity contribution in [3.8, 4) is 0 Å². The van der Waals surface area contributed by atoms with Crippen LogP contribution in [0.4, 0.5) is 0 Å². The summed E-state index contributed by atoms with van der Waals surface area (Å²) in [7, 11) is 0. The molecule has 1 aliphatic rings. The van der Waals surface area contributed by atoms with Crippen LogP contribution in [0.2, 0.25) is 0 Å². The van der Waals surface area contributed by atoms with E-state index in [2.05, 4.69) is 43.2 Å². The van der Waals surface area contributed by atoms with Crippen molar-refractivity contribution < 1.29 is 0 Å². The highest BCUT2D eigenvalue weighted by molar-refractivity contribution is 5.31. The van der Waals surface area contributed by atoms with E-state index in [9.17, 15) is 0 Å². The first-order valence-electron chi connectivity index (χ1n) is 6.26. The van der Waals surface area contributed by atoms with Gasteiger partial charge in [0.1, 0.15) is 0 Å². The molecule has 1 aromatic heterocycles. The fraction of sp³-hybridized carbons (Fsp3) is 0.769. The molecule has 0 amide bonds. The van der Waals surface area contributed by atoms with E-state index in [1.54, 1.807) is 0 Å². The van der Waals surface area contributed by atoms with Gasteiger partial charge in [-0.3, -0.25) is 5.10 Å². The highest BCUT2D eigenvalue weighted by atomic mass is 15.1. The minimum Gasteiger partial charge on any atom is -0.316 e. The molecule has 0 aromatic carbocycles. The van der Waals surface area contributed by atoms with Crippen molar-refractivity contribution in [1.29, 1.82) is 0 Å². The average Bonchev–Trinajstić information content (AvgIpc) is 2.61. The molecule has 16 heavy (non-hydrogen) atoms. The van der Waals surface area contributed by atoms with Gasteiger partial charge >= 0.3 is 0 Å². The van der Waals surface area contributed by atoms with E-state index in [1.165, 1.54) is 29.8 Å². The molecule has 3 nitrogen and oxygen atoms in total. The van der Waals surface area contributed by atoms with Crippen LogP contribution in [0.25, 0.3) is 0 Å². The molecule has 1 unspecified atom stereocenters. The second-order valence-corrected chi connectivity index (χ2v) is 5.90. The van der Waals surface area contributed by atoms with E-state index >= 15 is 0 Å². The Morgan fingerprint density at radius 1 is 1.31 bits per heavy atom. The lowest BCUT2D eigenvalue weighted by Crippen LogP contribution is -2.29. The summed E-state index contributed by atoms with van der Waals surface area (Å²) in [6.45, 7) is 11.1. The van der Waals surface area contributed by atoms with E-state index in [0.717, 1.165) is 13.1 Å². The smallest absolute Gasteiger partial charge is 0.0707 e. The number of aromatic amines is 1. The molecule has 2 heterocycles. The second kappa shape index (κ2) is 4.21. The van der Waals surface area contributed by atoms with Crippen molar-refractivity contribution in [2.24, 2.45) is 0 Å². The Morgan fingerprint density at radius 3 is 2.56 bits per heavy atom. The maximum Gasteiger partial charge on any atom is 0.0707 e. The quantitative estimate of drug-likeness (QED) is 0.765. The van der Waals surface area contributed by atoms with Gasteiger partial charge in [-0.15, -0.1) is 0 Å². The summed E-state index contributed by atoms with van der Waals surface area (Å²) in [6, 6.07) is 0. The van der Waals surface area contributed by atoms with Crippen molar-refractivity contribution in [2.75, 3.05) is 13.1 Å². The van der Waals surface area contributed by atoms with Crippen molar-refractivity contribution in [3.05, 3.63) is 17.0 Å². The Bertz CT molecular complexity index is 354. The molecular formula is C13H23N3. The Balaban J connectivity index is 2.25. The van der Waals surface area contributed by atoms with Crippen LogP contribution in [0.5, 0.6) is 0 Å². The molecule has 0 aliphatic carbocycles. The standard InChI is InChI=1S/C13H23N3/c1-9-11(10-6-5-7-14-8-10)15-16-12(9)13(2,3)4/h10,14H,5-8H2,1-4H3,(H,15,16). The van der Waals surface area contributed by atoms with Gasteiger partial charge in [-0.05, 0) is 31.9 Å². The van der Waals surface area contributed by atoms with Gasteiger partial charge in [0.2, 0.25) is 0 Å². The van der Waals surface area contributed by atoms with Crippen LogP contribution in [-0.2, 0) is 5.41 Å². The number of hydrogen-bond acceptors (Lipinski definition) is 2. The summed E-state index contributed by atoms with van der Waals surface area (Å²) < 4.78 is 0. The summed E-state index contributed by atoms with van der Waals surface area (Å²) in [4.78, 5) is 0. The van der Waals surface area contributed by atoms with Gasteiger partial charge in [-0.1, -0.05) is 20.8 Å². The molecule has 0 radical (unpaired) electrons. The minimum atomic E-state index is 0.140. The Hall–Kier alpha value is -0.830. The third-order valence-corrected chi connectivity index (χ3v) is 3.46. The Labute approximate surface area is 98.0 Å². The third-order valence-electron chi connectivity index (χ3n) is 3.46. The van der Waals surface area contributed by atoms with Crippen LogP contribution in [0, 0.1) is 6.92 Å². The van der Waals surface area contributed by atoms with Crippen LogP contribution in [0.3, 0.4) is 0 Å². The van der Waals surface area contributed by atoms with E-state index in [4.69, 9.17) is 0 Å². The summed E-state index contributed by atoms with van der Waals surface area (Å²) in [6.07, 6.45) is 2.55. The third kappa shape index (κ3) is 2.14. The number of piperidine rings is 1. The monoisotopic (exact) mass is 221 g/mol. The van der Waals surface area contributed by atoms with E-state index in [0.29, 0.717) is 5.92 Å². The molecular weight excluding hydrogens is 198 g/mol. The van der Waals surface area contributed by atoms with Gasteiger partial charge in [0, 0.05) is 23.6 Å². The lowest BCUT2D eigenvalue weighted by Gasteiger charge is -2.23. The van der Waals surface area contributed by atoms with Gasteiger partial charge in [-0.25, -0.2) is 0 Å². The Morgan fingerprint density at radius 2 is 2.06 bits per heavy atom. The van der Waals surface area contributed by atoms with Crippen molar-refractivity contribution >= 4 is 0 Å². The zero-order valence-corrected chi connectivity index (χ0v) is 10.9. The van der Waals surface area contributed by atoms with Gasteiger partial charge in [-0.2, -0.15) is 5.10 Å². The molecule has 3 heteroatoms. The normalized spacial score (nSPS) is 22.4. The van der Waals surface area contributed by atoms with Gasteiger partial charge in [0.25, 0.3) is 0 Å². The SMILES string of the molecule is Cc1c(C(C)(C)C)n[nH]c1C1CCCNC1. The summed E-state index contributed by atoms with van der Waals surface area (Å²) >= 11 is 0. The first kappa shape index (κ1) is 11.6. The highest BCUT2D eigenvalue weighted by Gasteiger charge is 2.25. The fourth-order valence-electron chi connectivity index (χ4n) is 2.64. The van der Waals surface area contributed by atoms with Crippen LogP contribution in [-0.4, -0.2) is 23.3 Å². The van der Waals surface area contributed by atoms with Crippen LogP contribution in [0.15, 0.2) is 0 Å². The first-order valence-corrected chi connectivity index (χ1v) is 6.26. The lowest BCUT2D eigenvalue weighted by molar-refractivity contribution is 0.453. The fourth-order valence-corrected chi connectivity index (χ4v) is 2.64. The van der Waals surface area contributed by atoms with Gasteiger partial charge in [0.05, 0.1) is 5.69 Å². The highest BCUT2D eigenvalue weighted by Crippen LogP contribution is 2.30. The largest absolute Gasteiger partial charge is 0.316 e. The number of H-pyrrole nitrogens is 1. The number of nitrogens with zero attached hydrogens (tertiary/aromatic N) is 1. The summed E-state index contributed by atoms with van der Waals surface area (Å²) in [5, 5.41) is 11.2. The number of aromatic nitrogens is 2. The van der Waals surface area contributed by atoms with E-state index < -0.39 is 0 Å². The molecule has 90 valence electrons. The second-order valence-electron chi connectivity index (χ2n) is 5.90. The molecule has 1 atom stereocenters. The molecule has 2 N–H and O–H groups in total. The predicted octanol–water partition coefficient (Wildman–Crippen LogP) is 2.48. The average molecular weight is 221 g/mol. The summed E-state index contributed by atoms with van der Waals surface area (Å²) in [5.74, 6) is 0.623. The molecule has 0 bridgehead atoms. The first-order chi connectivity index (χ1) is 7.50. The molecule has 1 aromatic rings.